The maximum atomic E-state index is 13.2. The zero-order valence-corrected chi connectivity index (χ0v) is 17.1. The van der Waals surface area contributed by atoms with Crippen LogP contribution in [-0.2, 0) is 0 Å². The Hall–Kier alpha value is -4.31. The molecule has 0 fully saturated rings. The van der Waals surface area contributed by atoms with E-state index in [2.05, 4.69) is 4.98 Å². The molecule has 0 atom stereocenters. The zero-order chi connectivity index (χ0) is 21.9. The zero-order valence-electron chi connectivity index (χ0n) is 17.1. The number of benzene rings is 4. The molecule has 0 aliphatic heterocycles. The number of carbonyl (C=O) groups excluding carboxylic acids is 1. The monoisotopic (exact) mass is 418 g/mol. The first kappa shape index (κ1) is 19.6. The summed E-state index contributed by atoms with van der Waals surface area (Å²) in [6, 6.07) is 33.0. The molecular weight excluding hydrogens is 399 g/mol. The van der Waals surface area contributed by atoms with Gasteiger partial charge in [-0.25, -0.2) is 9.37 Å². The standard InChI is InChI=1S/C28H19FN2O/c29-24-17-15-22(16-18-24)27(32)21-13-11-20(12-14-21)26-25(19-7-3-1-4-8-19)30-28(31-26)23-9-5-2-6-10-23/h1-18H,(H,30,31). The molecule has 154 valence electrons. The van der Waals surface area contributed by atoms with Gasteiger partial charge in [0.15, 0.2) is 5.78 Å². The Bertz CT molecular complexity index is 1360. The lowest BCUT2D eigenvalue weighted by Crippen LogP contribution is -2.01. The summed E-state index contributed by atoms with van der Waals surface area (Å²) in [6.45, 7) is 0. The summed E-state index contributed by atoms with van der Waals surface area (Å²) in [6.07, 6.45) is 0. The molecule has 0 bridgehead atoms. The first-order valence-corrected chi connectivity index (χ1v) is 10.3. The summed E-state index contributed by atoms with van der Waals surface area (Å²) in [4.78, 5) is 21.1. The van der Waals surface area contributed by atoms with Gasteiger partial charge in [-0.3, -0.25) is 4.79 Å². The van der Waals surface area contributed by atoms with Gasteiger partial charge in [0, 0.05) is 27.8 Å². The van der Waals surface area contributed by atoms with Crippen molar-refractivity contribution in [1.29, 1.82) is 0 Å². The minimum atomic E-state index is -0.362. The van der Waals surface area contributed by atoms with Crippen LogP contribution in [0.3, 0.4) is 0 Å². The normalized spacial score (nSPS) is 10.8. The molecule has 4 aromatic carbocycles. The maximum Gasteiger partial charge on any atom is 0.193 e. The molecule has 3 nitrogen and oxygen atoms in total. The molecule has 4 heteroatoms. The molecule has 5 rings (SSSR count). The van der Waals surface area contributed by atoms with Crippen molar-refractivity contribution < 1.29 is 9.18 Å². The van der Waals surface area contributed by atoms with E-state index in [9.17, 15) is 9.18 Å². The number of nitrogens with zero attached hydrogens (tertiary/aromatic N) is 1. The highest BCUT2D eigenvalue weighted by atomic mass is 19.1. The van der Waals surface area contributed by atoms with E-state index in [0.717, 1.165) is 33.9 Å². The van der Waals surface area contributed by atoms with Gasteiger partial charge in [0.1, 0.15) is 11.6 Å². The lowest BCUT2D eigenvalue weighted by atomic mass is 10.00. The molecule has 0 amide bonds. The summed E-state index contributed by atoms with van der Waals surface area (Å²) >= 11 is 0. The lowest BCUT2D eigenvalue weighted by Gasteiger charge is -2.06. The summed E-state index contributed by atoms with van der Waals surface area (Å²) in [5.74, 6) is 0.277. The first-order chi connectivity index (χ1) is 15.7. The third kappa shape index (κ3) is 3.86. The Labute approximate surface area is 185 Å². The van der Waals surface area contributed by atoms with E-state index in [1.807, 2.05) is 72.8 Å². The molecule has 0 spiro atoms. The topological polar surface area (TPSA) is 45.8 Å². The van der Waals surface area contributed by atoms with Crippen LogP contribution in [0.4, 0.5) is 4.39 Å². The van der Waals surface area contributed by atoms with Crippen molar-refractivity contribution in [3.63, 3.8) is 0 Å². The van der Waals surface area contributed by atoms with E-state index in [0.29, 0.717) is 11.1 Å². The molecule has 1 N–H and O–H groups in total. The quantitative estimate of drug-likeness (QED) is 0.320. The minimum Gasteiger partial charge on any atom is -0.337 e. The molecule has 1 aromatic heterocycles. The van der Waals surface area contributed by atoms with Crippen molar-refractivity contribution in [3.05, 3.63) is 126 Å². The SMILES string of the molecule is O=C(c1ccc(F)cc1)c1ccc(-c2[nH]c(-c3ccccc3)nc2-c2ccccc2)cc1. The van der Waals surface area contributed by atoms with Gasteiger partial charge in [-0.15, -0.1) is 0 Å². The van der Waals surface area contributed by atoms with Gasteiger partial charge in [0.05, 0.1) is 11.4 Å². The molecular formula is C28H19FN2O. The third-order valence-electron chi connectivity index (χ3n) is 5.34. The molecule has 0 aliphatic rings. The molecule has 32 heavy (non-hydrogen) atoms. The molecule has 0 radical (unpaired) electrons. The van der Waals surface area contributed by atoms with Crippen LogP contribution in [0.25, 0.3) is 33.9 Å². The average Bonchev–Trinajstić information content (AvgIpc) is 3.31. The second-order valence-electron chi connectivity index (χ2n) is 7.45. The van der Waals surface area contributed by atoms with Crippen LogP contribution in [-0.4, -0.2) is 15.8 Å². The van der Waals surface area contributed by atoms with Crippen LogP contribution >= 0.6 is 0 Å². The van der Waals surface area contributed by atoms with E-state index in [1.165, 1.54) is 24.3 Å². The fourth-order valence-corrected chi connectivity index (χ4v) is 3.68. The van der Waals surface area contributed by atoms with E-state index in [1.54, 1.807) is 12.1 Å². The van der Waals surface area contributed by atoms with E-state index >= 15 is 0 Å². The third-order valence-corrected chi connectivity index (χ3v) is 5.34. The fraction of sp³-hybridized carbons (Fsp3) is 0. The number of nitrogens with one attached hydrogen (secondary N) is 1. The Morgan fingerprint density at radius 3 is 1.75 bits per heavy atom. The van der Waals surface area contributed by atoms with E-state index in [4.69, 9.17) is 4.98 Å². The summed E-state index contributed by atoms with van der Waals surface area (Å²) in [5, 5.41) is 0. The molecule has 0 aliphatic carbocycles. The van der Waals surface area contributed by atoms with Gasteiger partial charge in [0.2, 0.25) is 0 Å². The first-order valence-electron chi connectivity index (χ1n) is 10.3. The molecule has 0 unspecified atom stereocenters. The molecule has 5 aromatic rings. The maximum absolute atomic E-state index is 13.2. The van der Waals surface area contributed by atoms with E-state index < -0.39 is 0 Å². The van der Waals surface area contributed by atoms with Crippen molar-refractivity contribution >= 4 is 5.78 Å². The van der Waals surface area contributed by atoms with Gasteiger partial charge < -0.3 is 4.98 Å². The van der Waals surface area contributed by atoms with Crippen LogP contribution in [0.1, 0.15) is 15.9 Å². The number of carbonyl (C=O) groups is 1. The Morgan fingerprint density at radius 2 is 1.16 bits per heavy atom. The van der Waals surface area contributed by atoms with Gasteiger partial charge >= 0.3 is 0 Å². The second kappa shape index (κ2) is 8.44. The lowest BCUT2D eigenvalue weighted by molar-refractivity contribution is 0.103. The number of aromatic amines is 1. The van der Waals surface area contributed by atoms with Crippen molar-refractivity contribution in [2.75, 3.05) is 0 Å². The number of hydrogen-bond donors (Lipinski definition) is 1. The predicted octanol–water partition coefficient (Wildman–Crippen LogP) is 6.78. The van der Waals surface area contributed by atoms with Crippen LogP contribution in [0.5, 0.6) is 0 Å². The number of H-pyrrole nitrogens is 1. The highest BCUT2D eigenvalue weighted by molar-refractivity contribution is 6.09. The van der Waals surface area contributed by atoms with Crippen LogP contribution in [0, 0.1) is 5.82 Å². The van der Waals surface area contributed by atoms with Gasteiger partial charge in [-0.2, -0.15) is 0 Å². The molecule has 0 saturated carbocycles. The highest BCUT2D eigenvalue weighted by Crippen LogP contribution is 2.33. The van der Waals surface area contributed by atoms with Crippen LogP contribution in [0.15, 0.2) is 109 Å². The van der Waals surface area contributed by atoms with Crippen molar-refractivity contribution in [1.82, 2.24) is 9.97 Å². The number of halogens is 1. The highest BCUT2D eigenvalue weighted by Gasteiger charge is 2.16. The smallest absolute Gasteiger partial charge is 0.193 e. The number of imidazole rings is 1. The summed E-state index contributed by atoms with van der Waals surface area (Å²) in [7, 11) is 0. The van der Waals surface area contributed by atoms with Gasteiger partial charge in [-0.05, 0) is 24.3 Å². The minimum absolute atomic E-state index is 0.144. The summed E-state index contributed by atoms with van der Waals surface area (Å²) < 4.78 is 13.2. The number of aromatic nitrogens is 2. The van der Waals surface area contributed by atoms with Gasteiger partial charge in [-0.1, -0.05) is 84.9 Å². The Balaban J connectivity index is 1.54. The molecule has 0 saturated heterocycles. The number of rotatable bonds is 5. The van der Waals surface area contributed by atoms with Gasteiger partial charge in [0.25, 0.3) is 0 Å². The predicted molar refractivity (Wildman–Crippen MR) is 125 cm³/mol. The van der Waals surface area contributed by atoms with Crippen molar-refractivity contribution in [3.8, 4) is 33.9 Å². The fourth-order valence-electron chi connectivity index (χ4n) is 3.68. The average molecular weight is 418 g/mol. The molecule has 1 heterocycles. The Kier molecular flexibility index (Phi) is 5.18. The largest absolute Gasteiger partial charge is 0.337 e. The van der Waals surface area contributed by atoms with Crippen molar-refractivity contribution in [2.24, 2.45) is 0 Å². The second-order valence-corrected chi connectivity index (χ2v) is 7.45. The van der Waals surface area contributed by atoms with Crippen molar-refractivity contribution in [2.45, 2.75) is 0 Å². The number of hydrogen-bond acceptors (Lipinski definition) is 2. The van der Waals surface area contributed by atoms with Crippen LogP contribution < -0.4 is 0 Å². The van der Waals surface area contributed by atoms with Crippen LogP contribution in [0.2, 0.25) is 0 Å². The van der Waals surface area contributed by atoms with E-state index in [-0.39, 0.29) is 11.6 Å². The number of ketones is 1. The summed E-state index contributed by atoms with van der Waals surface area (Å²) in [5.41, 5.74) is 5.67. The Morgan fingerprint density at radius 1 is 0.625 bits per heavy atom.